The van der Waals surface area contributed by atoms with Crippen molar-refractivity contribution in [3.63, 3.8) is 0 Å². The van der Waals surface area contributed by atoms with E-state index in [1.54, 1.807) is 12.1 Å². The molecule has 0 aromatic heterocycles. The molecule has 3 unspecified atom stereocenters. The lowest BCUT2D eigenvalue weighted by Gasteiger charge is -2.34. The largest absolute Gasteiger partial charge is 0.485 e. The van der Waals surface area contributed by atoms with E-state index in [4.69, 9.17) is 14.3 Å². The van der Waals surface area contributed by atoms with Gasteiger partial charge in [0, 0.05) is 18.9 Å². The van der Waals surface area contributed by atoms with Gasteiger partial charge in [0.05, 0.1) is 24.3 Å². The molecule has 6 nitrogen and oxygen atoms in total. The van der Waals surface area contributed by atoms with Crippen LogP contribution in [-0.4, -0.2) is 50.9 Å². The highest BCUT2D eigenvalue weighted by Gasteiger charge is 2.65. The van der Waals surface area contributed by atoms with Crippen molar-refractivity contribution in [2.24, 2.45) is 17.0 Å². The Labute approximate surface area is 171 Å². The molecule has 6 heteroatoms. The summed E-state index contributed by atoms with van der Waals surface area (Å²) >= 11 is 0. The summed E-state index contributed by atoms with van der Waals surface area (Å²) in [4.78, 5) is 19.6. The van der Waals surface area contributed by atoms with Gasteiger partial charge in [-0.1, -0.05) is 29.4 Å². The molecule has 3 atom stereocenters. The van der Waals surface area contributed by atoms with Crippen molar-refractivity contribution in [1.82, 2.24) is 4.90 Å². The molecule has 29 heavy (non-hydrogen) atoms. The number of rotatable bonds is 7. The van der Waals surface area contributed by atoms with Gasteiger partial charge in [0.2, 0.25) is 0 Å². The van der Waals surface area contributed by atoms with Crippen molar-refractivity contribution in [2.45, 2.75) is 24.9 Å². The van der Waals surface area contributed by atoms with Crippen molar-refractivity contribution in [3.8, 4) is 0 Å². The normalized spacial score (nSPS) is 28.3. The average molecular weight is 396 g/mol. The van der Waals surface area contributed by atoms with Crippen LogP contribution in [0.3, 0.4) is 0 Å². The maximum atomic E-state index is 11.7. The molecule has 0 N–H and O–H groups in total. The lowest BCUT2D eigenvalue weighted by atomic mass is 9.86. The number of hydrogen-bond acceptors (Lipinski definition) is 6. The number of carbonyl (C=O) groups excluding carboxylic acids is 1. The van der Waals surface area contributed by atoms with Crippen LogP contribution in [0.5, 0.6) is 0 Å². The van der Waals surface area contributed by atoms with E-state index in [-0.39, 0.29) is 17.8 Å². The molecule has 154 valence electrons. The molecule has 1 heterocycles. The number of benzene rings is 1. The molecule has 0 radical (unpaired) electrons. The number of oxime groups is 1. The van der Waals surface area contributed by atoms with E-state index in [9.17, 15) is 4.79 Å². The SMILES string of the molecule is COC(=O)c1ccc(C23CC2C(=NOCCCN(C)C)C2CC=CC=C2O3)cc1. The van der Waals surface area contributed by atoms with E-state index in [0.29, 0.717) is 12.2 Å². The van der Waals surface area contributed by atoms with Crippen LogP contribution in [0.2, 0.25) is 0 Å². The minimum Gasteiger partial charge on any atom is -0.485 e. The Kier molecular flexibility index (Phi) is 5.46. The van der Waals surface area contributed by atoms with Crippen molar-refractivity contribution in [3.05, 3.63) is 59.4 Å². The topological polar surface area (TPSA) is 60.4 Å². The van der Waals surface area contributed by atoms with Gasteiger partial charge in [-0.25, -0.2) is 4.79 Å². The van der Waals surface area contributed by atoms with E-state index in [2.05, 4.69) is 30.2 Å². The van der Waals surface area contributed by atoms with Gasteiger partial charge < -0.3 is 19.2 Å². The van der Waals surface area contributed by atoms with Crippen LogP contribution in [0, 0.1) is 11.8 Å². The summed E-state index contributed by atoms with van der Waals surface area (Å²) in [7, 11) is 5.50. The predicted octanol–water partition coefficient (Wildman–Crippen LogP) is 3.50. The number of esters is 1. The second kappa shape index (κ2) is 8.03. The number of allylic oxidation sites excluding steroid dienone is 4. The Bertz CT molecular complexity index is 856. The molecule has 4 rings (SSSR count). The van der Waals surface area contributed by atoms with Gasteiger partial charge >= 0.3 is 5.97 Å². The van der Waals surface area contributed by atoms with E-state index in [1.807, 2.05) is 24.3 Å². The highest BCUT2D eigenvalue weighted by atomic mass is 16.6. The first-order valence-corrected chi connectivity index (χ1v) is 10.1. The van der Waals surface area contributed by atoms with Gasteiger partial charge in [-0.2, -0.15) is 0 Å². The number of carbonyl (C=O) groups is 1. The minimum atomic E-state index is -0.409. The summed E-state index contributed by atoms with van der Waals surface area (Å²) in [6.07, 6.45) is 8.93. The fourth-order valence-corrected chi connectivity index (χ4v) is 4.21. The van der Waals surface area contributed by atoms with Gasteiger partial charge in [0.1, 0.15) is 18.0 Å². The van der Waals surface area contributed by atoms with Crippen molar-refractivity contribution in [2.75, 3.05) is 34.4 Å². The summed E-state index contributed by atoms with van der Waals surface area (Å²) in [6, 6.07) is 7.51. The Morgan fingerprint density at radius 2 is 2.10 bits per heavy atom. The predicted molar refractivity (Wildman–Crippen MR) is 111 cm³/mol. The lowest BCUT2D eigenvalue weighted by molar-refractivity contribution is 0.0541. The van der Waals surface area contributed by atoms with Crippen molar-refractivity contribution < 1.29 is 19.1 Å². The van der Waals surface area contributed by atoms with Gasteiger partial charge in [-0.05, 0) is 50.7 Å². The first-order valence-electron chi connectivity index (χ1n) is 10.1. The molecule has 1 saturated carbocycles. The quantitative estimate of drug-likeness (QED) is 0.401. The van der Waals surface area contributed by atoms with E-state index < -0.39 is 5.60 Å². The summed E-state index contributed by atoms with van der Waals surface area (Å²) in [5, 5.41) is 4.59. The smallest absolute Gasteiger partial charge is 0.337 e. The molecular formula is C23H28N2O4. The van der Waals surface area contributed by atoms with Gasteiger partial charge in [-0.15, -0.1) is 0 Å². The van der Waals surface area contributed by atoms with Crippen LogP contribution >= 0.6 is 0 Å². The molecule has 3 aliphatic rings. The summed E-state index contributed by atoms with van der Waals surface area (Å²) in [5.74, 6) is 0.978. The van der Waals surface area contributed by atoms with Crippen LogP contribution in [0.25, 0.3) is 0 Å². The number of nitrogens with zero attached hydrogens (tertiary/aromatic N) is 2. The van der Waals surface area contributed by atoms with Gasteiger partial charge in [0.15, 0.2) is 0 Å². The van der Waals surface area contributed by atoms with Crippen molar-refractivity contribution >= 4 is 11.7 Å². The van der Waals surface area contributed by atoms with Crippen LogP contribution in [0.4, 0.5) is 0 Å². The van der Waals surface area contributed by atoms with E-state index in [1.165, 1.54) is 7.11 Å². The number of fused-ring (bicyclic) bond motifs is 2. The average Bonchev–Trinajstić information content (AvgIpc) is 3.47. The fraction of sp³-hybridized carbons (Fsp3) is 0.478. The number of methoxy groups -OCH3 is 1. The Morgan fingerprint density at radius 1 is 1.31 bits per heavy atom. The standard InChI is InChI=1S/C23H28N2O4/c1-25(2)13-6-14-28-24-21-18-7-4-5-8-20(18)29-23(15-19(21)23)17-11-9-16(10-12-17)22(26)27-3/h4-5,8-12,18-19H,6-7,13-15H2,1-3H3. The second-order valence-electron chi connectivity index (χ2n) is 8.11. The van der Waals surface area contributed by atoms with E-state index >= 15 is 0 Å². The molecule has 1 aromatic rings. The Hall–Kier alpha value is -2.60. The molecular weight excluding hydrogens is 368 g/mol. The van der Waals surface area contributed by atoms with Gasteiger partial charge in [-0.3, -0.25) is 0 Å². The van der Waals surface area contributed by atoms with Crippen LogP contribution in [0.15, 0.2) is 53.4 Å². The molecule has 0 spiro atoms. The highest BCUT2D eigenvalue weighted by molar-refractivity contribution is 5.96. The second-order valence-corrected chi connectivity index (χ2v) is 8.11. The fourth-order valence-electron chi connectivity index (χ4n) is 4.21. The van der Waals surface area contributed by atoms with E-state index in [0.717, 1.165) is 42.8 Å². The van der Waals surface area contributed by atoms with Crippen molar-refractivity contribution in [1.29, 1.82) is 0 Å². The lowest BCUT2D eigenvalue weighted by Crippen LogP contribution is -2.34. The molecule has 1 saturated heterocycles. The van der Waals surface area contributed by atoms with Gasteiger partial charge in [0.25, 0.3) is 0 Å². The Morgan fingerprint density at radius 3 is 2.83 bits per heavy atom. The molecule has 0 bridgehead atoms. The summed E-state index contributed by atoms with van der Waals surface area (Å²) in [6.45, 7) is 1.59. The molecule has 1 aromatic carbocycles. The third kappa shape index (κ3) is 3.81. The first-order chi connectivity index (χ1) is 14.0. The van der Waals surface area contributed by atoms with Crippen LogP contribution < -0.4 is 0 Å². The third-order valence-electron chi connectivity index (χ3n) is 5.84. The van der Waals surface area contributed by atoms with Crippen LogP contribution in [-0.2, 0) is 19.9 Å². The highest BCUT2D eigenvalue weighted by Crippen LogP contribution is 2.62. The molecule has 1 aliphatic heterocycles. The molecule has 2 aliphatic carbocycles. The zero-order chi connectivity index (χ0) is 20.4. The molecule has 0 amide bonds. The maximum Gasteiger partial charge on any atom is 0.337 e. The minimum absolute atomic E-state index is 0.156. The first kappa shape index (κ1) is 19.7. The third-order valence-corrected chi connectivity index (χ3v) is 5.84. The monoisotopic (exact) mass is 396 g/mol. The number of hydrogen-bond donors (Lipinski definition) is 0. The van der Waals surface area contributed by atoms with Crippen LogP contribution in [0.1, 0.15) is 35.2 Å². The summed E-state index contributed by atoms with van der Waals surface area (Å²) < 4.78 is 11.3. The maximum absolute atomic E-state index is 11.7. The number of ether oxygens (including phenoxy) is 2. The summed E-state index contributed by atoms with van der Waals surface area (Å²) in [5.41, 5.74) is 2.27. The zero-order valence-electron chi connectivity index (χ0n) is 17.3. The molecule has 2 fully saturated rings. The zero-order valence-corrected chi connectivity index (χ0v) is 17.3. The Balaban J connectivity index is 1.54.